The SMILES string of the molecule is CC(=O)Cc1nnc(SCC(=O)n2c3c(c4ccccc42)CCCC3)s1. The van der Waals surface area contributed by atoms with Crippen molar-refractivity contribution < 1.29 is 9.59 Å². The van der Waals surface area contributed by atoms with E-state index in [0.717, 1.165) is 29.1 Å². The largest absolute Gasteiger partial charge is 0.300 e. The topological polar surface area (TPSA) is 64.8 Å². The molecule has 2 aromatic heterocycles. The monoisotopic (exact) mass is 385 g/mol. The Morgan fingerprint density at radius 3 is 2.85 bits per heavy atom. The van der Waals surface area contributed by atoms with Crippen molar-refractivity contribution in [3.8, 4) is 0 Å². The van der Waals surface area contributed by atoms with Crippen LogP contribution < -0.4 is 0 Å². The Balaban J connectivity index is 1.57. The van der Waals surface area contributed by atoms with Crippen molar-refractivity contribution in [3.63, 3.8) is 0 Å². The van der Waals surface area contributed by atoms with Crippen LogP contribution in [0.4, 0.5) is 0 Å². The number of nitrogens with zero attached hydrogens (tertiary/aromatic N) is 3. The zero-order valence-corrected chi connectivity index (χ0v) is 16.2. The molecule has 1 aromatic carbocycles. The highest BCUT2D eigenvalue weighted by Gasteiger charge is 2.23. The Labute approximate surface area is 159 Å². The molecule has 0 saturated carbocycles. The number of carbonyl (C=O) groups is 2. The standard InChI is InChI=1S/C19H19N3O2S2/c1-12(23)10-17-20-21-19(26-17)25-11-18(24)22-15-8-4-2-6-13(15)14-7-3-5-9-16(14)22/h2,4,6,8H,3,5,7,9-11H2,1H3. The molecule has 0 fully saturated rings. The molecule has 0 atom stereocenters. The Morgan fingerprint density at radius 2 is 2.00 bits per heavy atom. The number of benzene rings is 1. The highest BCUT2D eigenvalue weighted by atomic mass is 32.2. The van der Waals surface area contributed by atoms with Gasteiger partial charge in [-0.15, -0.1) is 10.2 Å². The van der Waals surface area contributed by atoms with Gasteiger partial charge in [0.2, 0.25) is 5.91 Å². The van der Waals surface area contributed by atoms with E-state index in [4.69, 9.17) is 0 Å². The van der Waals surface area contributed by atoms with Crippen LogP contribution in [0, 0.1) is 0 Å². The van der Waals surface area contributed by atoms with Crippen molar-refractivity contribution >= 4 is 45.7 Å². The lowest BCUT2D eigenvalue weighted by Gasteiger charge is -2.14. The molecule has 0 unspecified atom stereocenters. The average Bonchev–Trinajstić information content (AvgIpc) is 3.21. The summed E-state index contributed by atoms with van der Waals surface area (Å²) < 4.78 is 2.65. The van der Waals surface area contributed by atoms with Crippen LogP contribution in [0.15, 0.2) is 28.6 Å². The van der Waals surface area contributed by atoms with Gasteiger partial charge in [0.05, 0.1) is 17.7 Å². The lowest BCUT2D eigenvalue weighted by Crippen LogP contribution is -2.18. The van der Waals surface area contributed by atoms with Crippen LogP contribution >= 0.6 is 23.1 Å². The third-order valence-corrected chi connectivity index (χ3v) is 6.64. The number of ketones is 1. The number of aryl methyl sites for hydroxylation is 1. The number of para-hydroxylation sites is 1. The second-order valence-electron chi connectivity index (χ2n) is 6.51. The van der Waals surface area contributed by atoms with Gasteiger partial charge >= 0.3 is 0 Å². The number of hydrogen-bond donors (Lipinski definition) is 0. The molecule has 0 aliphatic heterocycles. The van der Waals surface area contributed by atoms with E-state index in [9.17, 15) is 9.59 Å². The predicted octanol–water partition coefficient (Wildman–Crippen LogP) is 3.94. The summed E-state index contributed by atoms with van der Waals surface area (Å²) in [4.78, 5) is 24.2. The van der Waals surface area contributed by atoms with Gasteiger partial charge in [-0.3, -0.25) is 14.2 Å². The first-order chi connectivity index (χ1) is 12.6. The molecule has 2 heterocycles. The summed E-state index contributed by atoms with van der Waals surface area (Å²) in [5, 5.41) is 10.0. The van der Waals surface area contributed by atoms with Crippen LogP contribution in [-0.2, 0) is 24.1 Å². The highest BCUT2D eigenvalue weighted by Crippen LogP contribution is 2.33. The molecule has 3 aromatic rings. The number of carbonyl (C=O) groups excluding carboxylic acids is 2. The molecule has 1 aliphatic rings. The molecule has 0 radical (unpaired) electrons. The van der Waals surface area contributed by atoms with Crippen LogP contribution in [0.5, 0.6) is 0 Å². The molecule has 0 spiro atoms. The minimum absolute atomic E-state index is 0.0687. The molecular formula is C19H19N3O2S2. The van der Waals surface area contributed by atoms with Crippen molar-refractivity contribution in [2.75, 3.05) is 5.75 Å². The molecular weight excluding hydrogens is 366 g/mol. The van der Waals surface area contributed by atoms with E-state index in [1.807, 2.05) is 22.8 Å². The minimum Gasteiger partial charge on any atom is -0.300 e. The normalized spacial score (nSPS) is 13.7. The maximum Gasteiger partial charge on any atom is 0.241 e. The fourth-order valence-electron chi connectivity index (χ4n) is 3.55. The van der Waals surface area contributed by atoms with E-state index in [1.165, 1.54) is 53.1 Å². The van der Waals surface area contributed by atoms with E-state index in [-0.39, 0.29) is 11.7 Å². The van der Waals surface area contributed by atoms with Crippen molar-refractivity contribution in [2.45, 2.75) is 43.4 Å². The Hall–Kier alpha value is -1.99. The molecule has 1 aliphatic carbocycles. The van der Waals surface area contributed by atoms with Crippen LogP contribution in [0.2, 0.25) is 0 Å². The Kier molecular flexibility index (Phi) is 4.91. The Bertz CT molecular complexity index is 990. The van der Waals surface area contributed by atoms with Crippen molar-refractivity contribution in [1.29, 1.82) is 0 Å². The summed E-state index contributed by atoms with van der Waals surface area (Å²) in [6, 6.07) is 8.18. The summed E-state index contributed by atoms with van der Waals surface area (Å²) in [7, 11) is 0. The zero-order valence-electron chi connectivity index (χ0n) is 14.5. The van der Waals surface area contributed by atoms with Gasteiger partial charge in [0.1, 0.15) is 10.8 Å². The van der Waals surface area contributed by atoms with E-state index in [0.29, 0.717) is 17.2 Å². The summed E-state index contributed by atoms with van der Waals surface area (Å²) in [6.07, 6.45) is 4.64. The second-order valence-corrected chi connectivity index (χ2v) is 8.79. The third-order valence-electron chi connectivity index (χ3n) is 4.60. The Morgan fingerprint density at radius 1 is 1.19 bits per heavy atom. The van der Waals surface area contributed by atoms with Crippen molar-refractivity contribution in [3.05, 3.63) is 40.5 Å². The van der Waals surface area contributed by atoms with Crippen molar-refractivity contribution in [1.82, 2.24) is 14.8 Å². The number of Topliss-reactive ketones (excluding diaryl/α,β-unsaturated/α-hetero) is 1. The molecule has 134 valence electrons. The lowest BCUT2D eigenvalue weighted by atomic mass is 9.96. The lowest BCUT2D eigenvalue weighted by molar-refractivity contribution is -0.116. The molecule has 0 N–H and O–H groups in total. The zero-order chi connectivity index (χ0) is 18.1. The first-order valence-electron chi connectivity index (χ1n) is 8.72. The third kappa shape index (κ3) is 3.33. The van der Waals surface area contributed by atoms with Gasteiger partial charge in [-0.05, 0) is 44.2 Å². The number of hydrogen-bond acceptors (Lipinski definition) is 6. The molecule has 7 heteroatoms. The van der Waals surface area contributed by atoms with Gasteiger partial charge in [-0.1, -0.05) is 41.3 Å². The molecule has 4 rings (SSSR count). The molecule has 0 bridgehead atoms. The maximum absolute atomic E-state index is 13.0. The summed E-state index contributed by atoms with van der Waals surface area (Å²) in [6.45, 7) is 1.54. The minimum atomic E-state index is 0.0687. The van der Waals surface area contributed by atoms with Crippen LogP contribution in [0.25, 0.3) is 10.9 Å². The van der Waals surface area contributed by atoms with Gasteiger partial charge in [-0.2, -0.15) is 0 Å². The molecule has 26 heavy (non-hydrogen) atoms. The highest BCUT2D eigenvalue weighted by molar-refractivity contribution is 8.01. The van der Waals surface area contributed by atoms with E-state index >= 15 is 0 Å². The first kappa shape index (κ1) is 17.4. The number of aromatic nitrogens is 3. The molecule has 0 amide bonds. The van der Waals surface area contributed by atoms with Crippen molar-refractivity contribution in [2.24, 2.45) is 0 Å². The number of rotatable bonds is 5. The predicted molar refractivity (Wildman–Crippen MR) is 104 cm³/mol. The molecule has 0 saturated heterocycles. The van der Waals surface area contributed by atoms with E-state index < -0.39 is 0 Å². The number of fused-ring (bicyclic) bond motifs is 3. The smallest absolute Gasteiger partial charge is 0.241 e. The first-order valence-corrected chi connectivity index (χ1v) is 10.5. The van der Waals surface area contributed by atoms with E-state index in [1.54, 1.807) is 0 Å². The fourth-order valence-corrected chi connectivity index (χ4v) is 5.37. The molecule has 5 nitrogen and oxygen atoms in total. The van der Waals surface area contributed by atoms with E-state index in [2.05, 4.69) is 16.3 Å². The van der Waals surface area contributed by atoms with Gasteiger partial charge in [0, 0.05) is 11.1 Å². The quantitative estimate of drug-likeness (QED) is 0.623. The summed E-state index contributed by atoms with van der Waals surface area (Å²) >= 11 is 2.79. The van der Waals surface area contributed by atoms with Crippen LogP contribution in [0.1, 0.15) is 40.8 Å². The van der Waals surface area contributed by atoms with Crippen LogP contribution in [0.3, 0.4) is 0 Å². The fraction of sp³-hybridized carbons (Fsp3) is 0.368. The van der Waals surface area contributed by atoms with Gasteiger partial charge in [0.15, 0.2) is 4.34 Å². The van der Waals surface area contributed by atoms with Gasteiger partial charge in [-0.25, -0.2) is 0 Å². The van der Waals surface area contributed by atoms with Gasteiger partial charge in [0.25, 0.3) is 0 Å². The van der Waals surface area contributed by atoms with Gasteiger partial charge < -0.3 is 0 Å². The second kappa shape index (κ2) is 7.32. The summed E-state index contributed by atoms with van der Waals surface area (Å²) in [5.41, 5.74) is 3.53. The average molecular weight is 386 g/mol. The van der Waals surface area contributed by atoms with Crippen LogP contribution in [-0.4, -0.2) is 32.2 Å². The number of thioether (sulfide) groups is 1. The summed E-state index contributed by atoms with van der Waals surface area (Å²) in [5.74, 6) is 0.469. The maximum atomic E-state index is 13.0.